The molecule has 0 aromatic heterocycles. The van der Waals surface area contributed by atoms with E-state index in [1.807, 2.05) is 36.5 Å². The van der Waals surface area contributed by atoms with E-state index in [4.69, 9.17) is 4.74 Å². The van der Waals surface area contributed by atoms with Gasteiger partial charge in [0, 0.05) is 6.42 Å². The number of carbonyl (C=O) groups excluding carboxylic acids is 2. The van der Waals surface area contributed by atoms with E-state index in [0.29, 0.717) is 19.3 Å². The molecule has 0 heterocycles. The third-order valence-electron chi connectivity index (χ3n) is 10.1. The highest BCUT2D eigenvalue weighted by Gasteiger charge is 2.24. The number of aliphatic hydroxyl groups excluding tert-OH is 2. The van der Waals surface area contributed by atoms with Crippen LogP contribution in [0.5, 0.6) is 0 Å². The van der Waals surface area contributed by atoms with Gasteiger partial charge in [0.05, 0.1) is 25.2 Å². The molecule has 1 amide bonds. The van der Waals surface area contributed by atoms with E-state index in [1.54, 1.807) is 0 Å². The summed E-state index contributed by atoms with van der Waals surface area (Å²) in [5, 5.41) is 23.6. The molecule has 0 aromatic rings. The van der Waals surface area contributed by atoms with Crippen LogP contribution >= 0.6 is 0 Å². The summed E-state index contributed by atoms with van der Waals surface area (Å²) in [5.41, 5.74) is 0. The number of rotatable bonds is 40. The van der Waals surface area contributed by atoms with Crippen LogP contribution in [0.25, 0.3) is 0 Å². The van der Waals surface area contributed by atoms with Gasteiger partial charge < -0.3 is 20.3 Å². The Balaban J connectivity index is 4.75. The van der Waals surface area contributed by atoms with Crippen molar-refractivity contribution in [2.75, 3.05) is 6.61 Å². The molecule has 6 nitrogen and oxygen atoms in total. The molecule has 56 heavy (non-hydrogen) atoms. The molecular formula is C50H87NO5. The standard InChI is InChI=1S/C50H87NO5/c1-4-7-10-13-16-19-21-23-24-25-26-27-30-32-35-38-41-46(56-50(55)43-40-37-34-31-28-22-20-17-14-11-8-5-2)44-49(54)51-47(45-52)48(53)42-39-36-33-29-18-15-12-9-6-3/h10,13,16-17,19-21,23-27,46-48,52-53H,4-9,11-12,14-15,18,22,28-45H2,1-3H3,(H,51,54)/b13-10+,19-16+,20-17-,23-21+,25-24+,27-26+. The van der Waals surface area contributed by atoms with E-state index < -0.39 is 18.2 Å². The molecule has 3 unspecified atom stereocenters. The average Bonchev–Trinajstić information content (AvgIpc) is 3.19. The minimum absolute atomic E-state index is 0.0430. The van der Waals surface area contributed by atoms with Gasteiger partial charge in [0.15, 0.2) is 0 Å². The summed E-state index contributed by atoms with van der Waals surface area (Å²) in [6.45, 7) is 6.32. The molecule has 0 aliphatic heterocycles. The van der Waals surface area contributed by atoms with Gasteiger partial charge in [-0.3, -0.25) is 9.59 Å². The molecule has 322 valence electrons. The van der Waals surface area contributed by atoms with E-state index in [0.717, 1.165) is 77.0 Å². The van der Waals surface area contributed by atoms with Crippen LogP contribution in [-0.4, -0.2) is 46.9 Å². The molecule has 0 radical (unpaired) electrons. The summed E-state index contributed by atoms with van der Waals surface area (Å²) < 4.78 is 5.88. The first-order chi connectivity index (χ1) is 27.5. The maximum Gasteiger partial charge on any atom is 0.306 e. The SMILES string of the molecule is CCC/C=C/C=C/C=C/C=C/C=C/CCCCCC(CC(=O)NC(CO)C(O)CCCCCCCCCCC)OC(=O)CCCCCCC/C=C\CCCCC. The monoisotopic (exact) mass is 782 g/mol. The number of esters is 1. The van der Waals surface area contributed by atoms with Crippen LogP contribution in [0.4, 0.5) is 0 Å². The zero-order valence-corrected chi connectivity index (χ0v) is 36.5. The van der Waals surface area contributed by atoms with Crippen LogP contribution in [0.15, 0.2) is 72.9 Å². The Hall–Kier alpha value is -2.70. The lowest BCUT2D eigenvalue weighted by Crippen LogP contribution is -2.46. The van der Waals surface area contributed by atoms with Crippen molar-refractivity contribution in [1.82, 2.24) is 5.32 Å². The number of nitrogens with one attached hydrogen (secondary N) is 1. The van der Waals surface area contributed by atoms with Crippen molar-refractivity contribution in [3.05, 3.63) is 72.9 Å². The summed E-state index contributed by atoms with van der Waals surface area (Å²) in [5.74, 6) is -0.534. The fraction of sp³-hybridized carbons (Fsp3) is 0.720. The Morgan fingerprint density at radius 2 is 0.964 bits per heavy atom. The maximum absolute atomic E-state index is 13.1. The van der Waals surface area contributed by atoms with Crippen molar-refractivity contribution in [2.45, 2.75) is 225 Å². The van der Waals surface area contributed by atoms with Crippen molar-refractivity contribution in [3.8, 4) is 0 Å². The average molecular weight is 782 g/mol. The molecule has 0 fully saturated rings. The predicted octanol–water partition coefficient (Wildman–Crippen LogP) is 13.4. The van der Waals surface area contributed by atoms with Crippen LogP contribution in [0.3, 0.4) is 0 Å². The fourth-order valence-electron chi connectivity index (χ4n) is 6.57. The molecular weight excluding hydrogens is 695 g/mol. The first kappa shape index (κ1) is 53.3. The van der Waals surface area contributed by atoms with Gasteiger partial charge in [0.1, 0.15) is 6.10 Å². The van der Waals surface area contributed by atoms with Crippen LogP contribution in [0.1, 0.15) is 207 Å². The summed E-state index contributed by atoms with van der Waals surface area (Å²) in [6, 6.07) is -0.718. The van der Waals surface area contributed by atoms with E-state index in [-0.39, 0.29) is 24.9 Å². The van der Waals surface area contributed by atoms with Crippen LogP contribution in [0.2, 0.25) is 0 Å². The molecule has 6 heteroatoms. The minimum atomic E-state index is -0.801. The zero-order chi connectivity index (χ0) is 41.0. The third-order valence-corrected chi connectivity index (χ3v) is 10.1. The Kier molecular flexibility index (Phi) is 41.3. The molecule has 0 saturated carbocycles. The normalized spacial score (nSPS) is 14.0. The topological polar surface area (TPSA) is 95.9 Å². The van der Waals surface area contributed by atoms with Gasteiger partial charge in [-0.1, -0.05) is 196 Å². The van der Waals surface area contributed by atoms with Crippen molar-refractivity contribution in [3.63, 3.8) is 0 Å². The second-order valence-electron chi connectivity index (χ2n) is 15.6. The fourth-order valence-corrected chi connectivity index (χ4v) is 6.57. The summed E-state index contributed by atoms with van der Waals surface area (Å²) in [6.07, 6.45) is 53.8. The molecule has 0 rings (SSSR count). The summed E-state index contributed by atoms with van der Waals surface area (Å²) >= 11 is 0. The first-order valence-corrected chi connectivity index (χ1v) is 23.2. The van der Waals surface area contributed by atoms with Gasteiger partial charge in [-0.25, -0.2) is 0 Å². The summed E-state index contributed by atoms with van der Waals surface area (Å²) in [7, 11) is 0. The van der Waals surface area contributed by atoms with Crippen molar-refractivity contribution in [2.24, 2.45) is 0 Å². The molecule has 3 atom stereocenters. The van der Waals surface area contributed by atoms with Gasteiger partial charge in [0.25, 0.3) is 0 Å². The lowest BCUT2D eigenvalue weighted by atomic mass is 10.0. The maximum atomic E-state index is 13.1. The van der Waals surface area contributed by atoms with E-state index >= 15 is 0 Å². The van der Waals surface area contributed by atoms with E-state index in [9.17, 15) is 19.8 Å². The van der Waals surface area contributed by atoms with Crippen LogP contribution in [0, 0.1) is 0 Å². The number of hydrogen-bond acceptors (Lipinski definition) is 5. The molecule has 0 saturated heterocycles. The minimum Gasteiger partial charge on any atom is -0.462 e. The number of hydrogen-bond donors (Lipinski definition) is 3. The van der Waals surface area contributed by atoms with E-state index in [2.05, 4.69) is 62.5 Å². The lowest BCUT2D eigenvalue weighted by Gasteiger charge is -2.24. The molecule has 0 aliphatic rings. The number of amides is 1. The van der Waals surface area contributed by atoms with Gasteiger partial charge >= 0.3 is 5.97 Å². The second-order valence-corrected chi connectivity index (χ2v) is 15.6. The van der Waals surface area contributed by atoms with Gasteiger partial charge in [-0.05, 0) is 70.6 Å². The highest BCUT2D eigenvalue weighted by molar-refractivity contribution is 5.77. The second kappa shape index (κ2) is 43.4. The molecule has 0 spiro atoms. The molecule has 3 N–H and O–H groups in total. The highest BCUT2D eigenvalue weighted by atomic mass is 16.5. The van der Waals surface area contributed by atoms with Gasteiger partial charge in [-0.15, -0.1) is 0 Å². The van der Waals surface area contributed by atoms with Crippen molar-refractivity contribution >= 4 is 11.9 Å². The number of allylic oxidation sites excluding steroid dienone is 12. The Labute approximate surface area is 345 Å². The molecule has 0 aliphatic carbocycles. The number of aliphatic hydroxyl groups is 2. The third kappa shape index (κ3) is 38.2. The number of unbranched alkanes of at least 4 members (excludes halogenated alkanes) is 20. The largest absolute Gasteiger partial charge is 0.462 e. The predicted molar refractivity (Wildman–Crippen MR) is 241 cm³/mol. The number of carbonyl (C=O) groups is 2. The van der Waals surface area contributed by atoms with Gasteiger partial charge in [-0.2, -0.15) is 0 Å². The lowest BCUT2D eigenvalue weighted by molar-refractivity contribution is -0.151. The van der Waals surface area contributed by atoms with Gasteiger partial charge in [0.2, 0.25) is 5.91 Å². The number of ether oxygens (including phenoxy) is 1. The van der Waals surface area contributed by atoms with Crippen LogP contribution < -0.4 is 5.32 Å². The smallest absolute Gasteiger partial charge is 0.306 e. The Bertz CT molecular complexity index is 1060. The zero-order valence-electron chi connectivity index (χ0n) is 36.5. The molecule has 0 bridgehead atoms. The first-order valence-electron chi connectivity index (χ1n) is 23.2. The highest BCUT2D eigenvalue weighted by Crippen LogP contribution is 2.17. The quantitative estimate of drug-likeness (QED) is 0.0249. The van der Waals surface area contributed by atoms with Crippen LogP contribution in [-0.2, 0) is 14.3 Å². The van der Waals surface area contributed by atoms with Crippen molar-refractivity contribution < 1.29 is 24.5 Å². The molecule has 0 aromatic carbocycles. The van der Waals surface area contributed by atoms with Crippen molar-refractivity contribution in [1.29, 1.82) is 0 Å². The Morgan fingerprint density at radius 1 is 0.518 bits per heavy atom. The van der Waals surface area contributed by atoms with E-state index in [1.165, 1.54) is 83.5 Å². The summed E-state index contributed by atoms with van der Waals surface area (Å²) in [4.78, 5) is 26.0. The Morgan fingerprint density at radius 3 is 1.55 bits per heavy atom.